The molecule has 5 nitrogen and oxygen atoms in total. The normalized spacial score (nSPS) is 11.3. The smallest absolute Gasteiger partial charge is 0.355 e. The molecule has 3 aromatic rings. The fourth-order valence-corrected chi connectivity index (χ4v) is 2.66. The minimum absolute atomic E-state index is 0.0250. The lowest BCUT2D eigenvalue weighted by atomic mass is 10.1. The van der Waals surface area contributed by atoms with Crippen molar-refractivity contribution in [2.24, 2.45) is 0 Å². The topological polar surface area (TPSA) is 64.3 Å². The first-order chi connectivity index (χ1) is 12.1. The van der Waals surface area contributed by atoms with Gasteiger partial charge >= 0.3 is 5.97 Å². The van der Waals surface area contributed by atoms with Gasteiger partial charge in [-0.05, 0) is 36.8 Å². The average Bonchev–Trinajstić information content (AvgIpc) is 3.00. The Morgan fingerprint density at radius 3 is 2.76 bits per heavy atom. The first kappa shape index (κ1) is 16.7. The highest BCUT2D eigenvalue weighted by Gasteiger charge is 2.15. The zero-order valence-electron chi connectivity index (χ0n) is 13.6. The average molecular weight is 340 g/mol. The van der Waals surface area contributed by atoms with Crippen molar-refractivity contribution in [2.75, 3.05) is 6.61 Å². The van der Waals surface area contributed by atoms with E-state index in [9.17, 15) is 14.3 Å². The highest BCUT2D eigenvalue weighted by molar-refractivity contribution is 5.99. The van der Waals surface area contributed by atoms with Crippen LogP contribution in [0.4, 0.5) is 4.39 Å². The van der Waals surface area contributed by atoms with Crippen LogP contribution in [0.1, 0.15) is 28.5 Å². The van der Waals surface area contributed by atoms with E-state index in [1.165, 1.54) is 18.4 Å². The Labute approximate surface area is 144 Å². The number of hydrogen-bond acceptors (Lipinski definition) is 3. The number of benzene rings is 1. The highest BCUT2D eigenvalue weighted by atomic mass is 19.1. The molecule has 0 saturated heterocycles. The van der Waals surface area contributed by atoms with Crippen LogP contribution in [0.15, 0.2) is 49.0 Å². The van der Waals surface area contributed by atoms with Crippen LogP contribution in [-0.2, 0) is 11.3 Å². The molecule has 0 fully saturated rings. The number of carbonyl (C=O) groups is 1. The predicted octanol–water partition coefficient (Wildman–Crippen LogP) is 3.93. The third-order valence-electron chi connectivity index (χ3n) is 3.83. The van der Waals surface area contributed by atoms with Crippen LogP contribution < -0.4 is 0 Å². The third kappa shape index (κ3) is 3.52. The molecule has 0 aliphatic rings. The van der Waals surface area contributed by atoms with E-state index in [-0.39, 0.29) is 11.5 Å². The van der Waals surface area contributed by atoms with Crippen LogP contribution >= 0.6 is 0 Å². The Morgan fingerprint density at radius 1 is 1.32 bits per heavy atom. The molecule has 0 spiro atoms. The number of rotatable bonds is 6. The number of nitrogens with zero attached hydrogens (tertiary/aromatic N) is 2. The summed E-state index contributed by atoms with van der Waals surface area (Å²) in [6.07, 6.45) is 6.49. The predicted molar refractivity (Wildman–Crippen MR) is 92.9 cm³/mol. The molecule has 2 aromatic heterocycles. The van der Waals surface area contributed by atoms with E-state index in [4.69, 9.17) is 4.74 Å². The van der Waals surface area contributed by atoms with Crippen molar-refractivity contribution in [3.8, 4) is 0 Å². The molecule has 128 valence electrons. The monoisotopic (exact) mass is 340 g/mol. The van der Waals surface area contributed by atoms with Crippen LogP contribution in [0.3, 0.4) is 0 Å². The molecular formula is C19H17FN2O3. The summed E-state index contributed by atoms with van der Waals surface area (Å²) in [4.78, 5) is 15.5. The van der Waals surface area contributed by atoms with Gasteiger partial charge in [-0.2, -0.15) is 0 Å². The van der Waals surface area contributed by atoms with Crippen molar-refractivity contribution < 1.29 is 19.0 Å². The fraction of sp³-hybridized carbons (Fsp3) is 0.158. The SMILES string of the molecule is CCOC=Cc1c(C(=O)O)ncc2c1ccn2Cc1ccc(F)cc1. The molecule has 6 heteroatoms. The molecule has 0 saturated carbocycles. The molecule has 1 N–H and O–H groups in total. The second kappa shape index (κ2) is 7.17. The fourth-order valence-electron chi connectivity index (χ4n) is 2.66. The van der Waals surface area contributed by atoms with Crippen molar-refractivity contribution in [3.63, 3.8) is 0 Å². The van der Waals surface area contributed by atoms with Gasteiger partial charge in [0.2, 0.25) is 0 Å². The number of halogens is 1. The summed E-state index contributed by atoms with van der Waals surface area (Å²) in [7, 11) is 0. The number of hydrogen-bond donors (Lipinski definition) is 1. The molecule has 0 atom stereocenters. The molecule has 0 aliphatic heterocycles. The molecule has 25 heavy (non-hydrogen) atoms. The van der Waals surface area contributed by atoms with Crippen LogP contribution in [0.25, 0.3) is 17.0 Å². The first-order valence-electron chi connectivity index (χ1n) is 7.84. The van der Waals surface area contributed by atoms with Gasteiger partial charge in [0, 0.05) is 23.7 Å². The summed E-state index contributed by atoms with van der Waals surface area (Å²) >= 11 is 0. The van der Waals surface area contributed by atoms with E-state index in [1.807, 2.05) is 23.8 Å². The maximum absolute atomic E-state index is 13.0. The highest BCUT2D eigenvalue weighted by Crippen LogP contribution is 2.24. The number of pyridine rings is 1. The van der Waals surface area contributed by atoms with Crippen molar-refractivity contribution in [2.45, 2.75) is 13.5 Å². The van der Waals surface area contributed by atoms with Gasteiger partial charge in [-0.1, -0.05) is 12.1 Å². The number of carboxylic acid groups (broad SMARTS) is 1. The molecule has 0 aliphatic carbocycles. The number of fused-ring (bicyclic) bond motifs is 1. The van der Waals surface area contributed by atoms with E-state index in [1.54, 1.807) is 24.4 Å². The second-order valence-corrected chi connectivity index (χ2v) is 5.45. The van der Waals surface area contributed by atoms with Gasteiger partial charge in [0.25, 0.3) is 0 Å². The number of aromatic carboxylic acids is 1. The van der Waals surface area contributed by atoms with Gasteiger partial charge in [0.1, 0.15) is 5.82 Å². The Balaban J connectivity index is 2.04. The molecule has 0 bridgehead atoms. The maximum atomic E-state index is 13.0. The van der Waals surface area contributed by atoms with Gasteiger partial charge in [-0.3, -0.25) is 0 Å². The van der Waals surface area contributed by atoms with Gasteiger partial charge in [0.05, 0.1) is 24.6 Å². The number of aromatic nitrogens is 2. The molecule has 0 unspecified atom stereocenters. The second-order valence-electron chi connectivity index (χ2n) is 5.45. The lowest BCUT2D eigenvalue weighted by molar-refractivity contribution is 0.0690. The van der Waals surface area contributed by atoms with Crippen LogP contribution in [-0.4, -0.2) is 27.2 Å². The standard InChI is InChI=1S/C19H17FN2O3/c1-2-25-10-8-16-15-7-9-22(12-13-3-5-14(20)6-4-13)17(15)11-21-18(16)19(23)24/h3-11H,2,12H2,1H3,(H,23,24). The van der Waals surface area contributed by atoms with E-state index in [0.29, 0.717) is 18.7 Å². The van der Waals surface area contributed by atoms with Crippen LogP contribution in [0.2, 0.25) is 0 Å². The van der Waals surface area contributed by atoms with Gasteiger partial charge in [-0.15, -0.1) is 0 Å². The Hall–Kier alpha value is -3.15. The minimum Gasteiger partial charge on any atom is -0.501 e. The molecule has 1 aromatic carbocycles. The lowest BCUT2D eigenvalue weighted by Crippen LogP contribution is -2.05. The molecule has 0 amide bonds. The van der Waals surface area contributed by atoms with Crippen molar-refractivity contribution in [1.82, 2.24) is 9.55 Å². The van der Waals surface area contributed by atoms with Gasteiger partial charge in [0.15, 0.2) is 5.69 Å². The molecular weight excluding hydrogens is 323 g/mol. The minimum atomic E-state index is -1.09. The summed E-state index contributed by atoms with van der Waals surface area (Å²) in [5.41, 5.74) is 2.21. The largest absolute Gasteiger partial charge is 0.501 e. The van der Waals surface area contributed by atoms with Crippen LogP contribution in [0, 0.1) is 5.82 Å². The summed E-state index contributed by atoms with van der Waals surface area (Å²) in [5, 5.41) is 10.1. The number of ether oxygens (including phenoxy) is 1. The van der Waals surface area contributed by atoms with Gasteiger partial charge < -0.3 is 14.4 Å². The summed E-state index contributed by atoms with van der Waals surface area (Å²) in [5.74, 6) is -1.37. The lowest BCUT2D eigenvalue weighted by Gasteiger charge is -2.08. The molecule has 3 rings (SSSR count). The van der Waals surface area contributed by atoms with E-state index >= 15 is 0 Å². The molecule has 0 radical (unpaired) electrons. The number of carboxylic acids is 1. The van der Waals surface area contributed by atoms with Crippen molar-refractivity contribution >= 4 is 22.9 Å². The van der Waals surface area contributed by atoms with E-state index < -0.39 is 5.97 Å². The zero-order chi connectivity index (χ0) is 17.8. The van der Waals surface area contributed by atoms with E-state index in [2.05, 4.69) is 4.98 Å². The first-order valence-corrected chi connectivity index (χ1v) is 7.84. The van der Waals surface area contributed by atoms with Crippen molar-refractivity contribution in [3.05, 3.63) is 71.6 Å². The van der Waals surface area contributed by atoms with Crippen molar-refractivity contribution in [1.29, 1.82) is 0 Å². The van der Waals surface area contributed by atoms with E-state index in [0.717, 1.165) is 16.5 Å². The maximum Gasteiger partial charge on any atom is 0.355 e. The molecule has 2 heterocycles. The van der Waals surface area contributed by atoms with Crippen LogP contribution in [0.5, 0.6) is 0 Å². The Kier molecular flexibility index (Phi) is 4.79. The summed E-state index contributed by atoms with van der Waals surface area (Å²) < 4.78 is 20.2. The Bertz CT molecular complexity index is 930. The zero-order valence-corrected chi connectivity index (χ0v) is 13.6. The quantitative estimate of drug-likeness (QED) is 0.691. The summed E-state index contributed by atoms with van der Waals surface area (Å²) in [6.45, 7) is 2.88. The third-order valence-corrected chi connectivity index (χ3v) is 3.83. The van der Waals surface area contributed by atoms with Gasteiger partial charge in [-0.25, -0.2) is 14.2 Å². The summed E-state index contributed by atoms with van der Waals surface area (Å²) in [6, 6.07) is 8.11. The Morgan fingerprint density at radius 2 is 2.08 bits per heavy atom.